The minimum Gasteiger partial charge on any atom is -0.308 e. The number of nitrogens with zero attached hydrogens (tertiary/aromatic N) is 4. The van der Waals surface area contributed by atoms with Gasteiger partial charge in [-0.2, -0.15) is 0 Å². The van der Waals surface area contributed by atoms with E-state index in [1.54, 1.807) is 0 Å². The molecule has 228 valence electrons. The van der Waals surface area contributed by atoms with Gasteiger partial charge in [0.1, 0.15) is 0 Å². The number of hydrogen-bond donors (Lipinski definition) is 0. The largest absolute Gasteiger partial charge is 0.308 e. The molecule has 0 saturated heterocycles. The zero-order chi connectivity index (χ0) is 32.3. The number of para-hydroxylation sites is 2. The SMILES string of the molecule is c1ccc(-c2ccccc2-c2nc(-c3ccc4c5cccc6c7ccccc7n(c4c3)c65)nc(-c3ccccc3-c3ccccc3)n2)cc1. The molecule has 10 aromatic rings. The van der Waals surface area contributed by atoms with Crippen LogP contribution >= 0.6 is 0 Å². The van der Waals surface area contributed by atoms with Gasteiger partial charge in [0.25, 0.3) is 0 Å². The molecule has 0 amide bonds. The highest BCUT2D eigenvalue weighted by Crippen LogP contribution is 2.41. The molecule has 3 aromatic heterocycles. The summed E-state index contributed by atoms with van der Waals surface area (Å²) in [6.45, 7) is 0. The molecule has 0 bridgehead atoms. The van der Waals surface area contributed by atoms with E-state index in [1.165, 1.54) is 32.6 Å². The summed E-state index contributed by atoms with van der Waals surface area (Å²) in [5.41, 5.74) is 10.8. The Bertz CT molecular complexity index is 2720. The Morgan fingerprint density at radius 2 is 0.776 bits per heavy atom. The van der Waals surface area contributed by atoms with Crippen LogP contribution in [0.25, 0.3) is 94.5 Å². The van der Waals surface area contributed by atoms with Gasteiger partial charge in [-0.3, -0.25) is 0 Å². The summed E-state index contributed by atoms with van der Waals surface area (Å²) in [5, 5.41) is 5.00. The van der Waals surface area contributed by atoms with Crippen molar-refractivity contribution in [1.82, 2.24) is 19.4 Å². The van der Waals surface area contributed by atoms with Crippen LogP contribution < -0.4 is 0 Å². The Morgan fingerprint density at radius 1 is 0.306 bits per heavy atom. The lowest BCUT2D eigenvalue weighted by Gasteiger charge is -2.14. The van der Waals surface area contributed by atoms with Crippen LogP contribution in [0.4, 0.5) is 0 Å². The maximum atomic E-state index is 5.23. The molecule has 4 nitrogen and oxygen atoms in total. The van der Waals surface area contributed by atoms with Gasteiger partial charge in [0.2, 0.25) is 0 Å². The second kappa shape index (κ2) is 11.0. The summed E-state index contributed by atoms with van der Waals surface area (Å²) >= 11 is 0. The minimum absolute atomic E-state index is 0.636. The molecule has 7 aromatic carbocycles. The minimum atomic E-state index is 0.636. The Kier molecular flexibility index (Phi) is 6.15. The Labute approximate surface area is 283 Å². The van der Waals surface area contributed by atoms with Crippen molar-refractivity contribution in [2.45, 2.75) is 0 Å². The first-order chi connectivity index (χ1) is 24.3. The lowest BCUT2D eigenvalue weighted by molar-refractivity contribution is 1.07. The molecule has 0 unspecified atom stereocenters. The van der Waals surface area contributed by atoms with Crippen LogP contribution in [0.5, 0.6) is 0 Å². The molecular formula is C45H28N4. The van der Waals surface area contributed by atoms with E-state index in [0.717, 1.165) is 44.5 Å². The fourth-order valence-corrected chi connectivity index (χ4v) is 7.41. The third kappa shape index (κ3) is 4.35. The first kappa shape index (κ1) is 27.5. The number of rotatable bonds is 5. The van der Waals surface area contributed by atoms with Gasteiger partial charge in [0.15, 0.2) is 17.5 Å². The van der Waals surface area contributed by atoms with E-state index >= 15 is 0 Å². The van der Waals surface area contributed by atoms with E-state index in [4.69, 9.17) is 15.0 Å². The highest BCUT2D eigenvalue weighted by molar-refractivity contribution is 6.23. The lowest BCUT2D eigenvalue weighted by Crippen LogP contribution is -2.02. The van der Waals surface area contributed by atoms with E-state index in [9.17, 15) is 0 Å². The van der Waals surface area contributed by atoms with E-state index in [-0.39, 0.29) is 0 Å². The van der Waals surface area contributed by atoms with Crippen LogP contribution in [0.2, 0.25) is 0 Å². The third-order valence-corrected chi connectivity index (χ3v) is 9.62. The highest BCUT2D eigenvalue weighted by Gasteiger charge is 2.20. The van der Waals surface area contributed by atoms with Crippen molar-refractivity contribution in [2.24, 2.45) is 0 Å². The molecule has 0 N–H and O–H groups in total. The fraction of sp³-hybridized carbons (Fsp3) is 0. The van der Waals surface area contributed by atoms with E-state index in [0.29, 0.717) is 17.5 Å². The zero-order valence-electron chi connectivity index (χ0n) is 26.5. The molecule has 0 atom stereocenters. The molecule has 49 heavy (non-hydrogen) atoms. The van der Waals surface area contributed by atoms with Crippen LogP contribution in [0, 0.1) is 0 Å². The maximum Gasteiger partial charge on any atom is 0.164 e. The van der Waals surface area contributed by atoms with Crippen molar-refractivity contribution in [3.05, 3.63) is 170 Å². The molecule has 0 aliphatic carbocycles. The van der Waals surface area contributed by atoms with Gasteiger partial charge in [-0.05, 0) is 34.4 Å². The average molecular weight is 625 g/mol. The summed E-state index contributed by atoms with van der Waals surface area (Å²) < 4.78 is 2.40. The van der Waals surface area contributed by atoms with Gasteiger partial charge < -0.3 is 4.40 Å². The van der Waals surface area contributed by atoms with Crippen molar-refractivity contribution >= 4 is 38.1 Å². The van der Waals surface area contributed by atoms with Crippen LogP contribution in [-0.2, 0) is 0 Å². The zero-order valence-corrected chi connectivity index (χ0v) is 26.5. The van der Waals surface area contributed by atoms with Crippen molar-refractivity contribution in [3.8, 4) is 56.4 Å². The summed E-state index contributed by atoms with van der Waals surface area (Å²) in [4.78, 5) is 15.7. The van der Waals surface area contributed by atoms with Crippen LogP contribution in [0.15, 0.2) is 170 Å². The topological polar surface area (TPSA) is 43.1 Å². The molecule has 3 heterocycles. The van der Waals surface area contributed by atoms with Crippen molar-refractivity contribution < 1.29 is 0 Å². The quantitative estimate of drug-likeness (QED) is 0.191. The van der Waals surface area contributed by atoms with Crippen LogP contribution in [-0.4, -0.2) is 19.4 Å². The first-order valence-electron chi connectivity index (χ1n) is 16.5. The molecule has 0 radical (unpaired) electrons. The molecule has 0 aliphatic rings. The monoisotopic (exact) mass is 624 g/mol. The van der Waals surface area contributed by atoms with E-state index in [2.05, 4.69) is 162 Å². The highest BCUT2D eigenvalue weighted by atomic mass is 15.0. The second-order valence-corrected chi connectivity index (χ2v) is 12.4. The molecule has 0 fully saturated rings. The van der Waals surface area contributed by atoms with Crippen LogP contribution in [0.3, 0.4) is 0 Å². The lowest BCUT2D eigenvalue weighted by atomic mass is 9.98. The third-order valence-electron chi connectivity index (χ3n) is 9.62. The predicted octanol–water partition coefficient (Wildman–Crippen LogP) is 11.4. The second-order valence-electron chi connectivity index (χ2n) is 12.4. The van der Waals surface area contributed by atoms with Crippen molar-refractivity contribution in [3.63, 3.8) is 0 Å². The summed E-state index contributed by atoms with van der Waals surface area (Å²) in [6.07, 6.45) is 0. The molecule has 0 aliphatic heterocycles. The summed E-state index contributed by atoms with van der Waals surface area (Å²) in [5.74, 6) is 1.91. The van der Waals surface area contributed by atoms with E-state index in [1.807, 2.05) is 12.1 Å². The standard InChI is InChI=1S/C45H28N4/c1-3-14-29(15-4-1)32-18-7-9-21-38(32)44-46-43(47-45(48-44)39-22-10-8-19-33(39)30-16-5-2-6-17-30)31-26-27-35-37-24-13-23-36-34-20-11-12-25-40(34)49(42(36)37)41(35)28-31/h1-28H. The van der Waals surface area contributed by atoms with Gasteiger partial charge in [-0.25, -0.2) is 15.0 Å². The molecule has 4 heteroatoms. The summed E-state index contributed by atoms with van der Waals surface area (Å²) in [7, 11) is 0. The smallest absolute Gasteiger partial charge is 0.164 e. The average Bonchev–Trinajstić information content (AvgIpc) is 3.71. The maximum absolute atomic E-state index is 5.23. The molecular weight excluding hydrogens is 597 g/mol. The Balaban J connectivity index is 1.25. The van der Waals surface area contributed by atoms with Gasteiger partial charge in [-0.1, -0.05) is 158 Å². The van der Waals surface area contributed by atoms with Gasteiger partial charge >= 0.3 is 0 Å². The Morgan fingerprint density at radius 3 is 1.39 bits per heavy atom. The molecule has 0 spiro atoms. The van der Waals surface area contributed by atoms with Gasteiger partial charge in [0.05, 0.1) is 16.6 Å². The number of benzene rings is 7. The molecule has 0 saturated carbocycles. The fourth-order valence-electron chi connectivity index (χ4n) is 7.41. The van der Waals surface area contributed by atoms with Crippen molar-refractivity contribution in [2.75, 3.05) is 0 Å². The number of aromatic nitrogens is 4. The predicted molar refractivity (Wildman–Crippen MR) is 202 cm³/mol. The Hall–Kier alpha value is -6.65. The number of hydrogen-bond acceptors (Lipinski definition) is 3. The molecule has 10 rings (SSSR count). The van der Waals surface area contributed by atoms with E-state index < -0.39 is 0 Å². The summed E-state index contributed by atoms with van der Waals surface area (Å²) in [6, 6.07) is 59.5. The number of fused-ring (bicyclic) bond motifs is 6. The first-order valence-corrected chi connectivity index (χ1v) is 16.5. The van der Waals surface area contributed by atoms with Gasteiger partial charge in [0, 0.05) is 38.2 Å². The van der Waals surface area contributed by atoms with Gasteiger partial charge in [-0.15, -0.1) is 0 Å². The van der Waals surface area contributed by atoms with Crippen LogP contribution in [0.1, 0.15) is 0 Å². The van der Waals surface area contributed by atoms with Crippen molar-refractivity contribution in [1.29, 1.82) is 0 Å². The normalized spacial score (nSPS) is 11.7.